The van der Waals surface area contributed by atoms with Crippen LogP contribution >= 0.6 is 0 Å². The molecule has 0 aromatic heterocycles. The molecule has 0 atom stereocenters. The Hall–Kier alpha value is -2.08. The second kappa shape index (κ2) is 9.93. The van der Waals surface area contributed by atoms with E-state index in [1.807, 2.05) is 40.1 Å². The standard InChI is InChI=1S/C18H29N3O3/c1-14(2)24-17-9-7-16(8-10-17)19-18(23)13-21(15(3)22)12-6-11-20(4)5/h7-10,14H,6,11-13H2,1-5H3,(H,19,23). The Morgan fingerprint density at radius 2 is 1.75 bits per heavy atom. The van der Waals surface area contributed by atoms with Gasteiger partial charge in [-0.15, -0.1) is 0 Å². The van der Waals surface area contributed by atoms with E-state index in [1.54, 1.807) is 17.0 Å². The summed E-state index contributed by atoms with van der Waals surface area (Å²) >= 11 is 0. The number of nitrogens with one attached hydrogen (secondary N) is 1. The zero-order chi connectivity index (χ0) is 18.1. The molecule has 24 heavy (non-hydrogen) atoms. The zero-order valence-corrected chi connectivity index (χ0v) is 15.3. The molecule has 6 nitrogen and oxygen atoms in total. The van der Waals surface area contributed by atoms with E-state index in [-0.39, 0.29) is 24.5 Å². The van der Waals surface area contributed by atoms with Crippen molar-refractivity contribution in [2.75, 3.05) is 39.0 Å². The van der Waals surface area contributed by atoms with E-state index >= 15 is 0 Å². The molecule has 1 aromatic carbocycles. The molecule has 1 N–H and O–H groups in total. The third-order valence-corrected chi connectivity index (χ3v) is 3.32. The maximum Gasteiger partial charge on any atom is 0.243 e. The molecule has 0 aliphatic rings. The van der Waals surface area contributed by atoms with E-state index in [4.69, 9.17) is 4.74 Å². The molecule has 0 fully saturated rings. The van der Waals surface area contributed by atoms with Crippen molar-refractivity contribution >= 4 is 17.5 Å². The van der Waals surface area contributed by atoms with E-state index in [1.165, 1.54) is 6.92 Å². The van der Waals surface area contributed by atoms with E-state index in [9.17, 15) is 9.59 Å². The Balaban J connectivity index is 2.51. The molecular weight excluding hydrogens is 306 g/mol. The highest BCUT2D eigenvalue weighted by molar-refractivity contribution is 5.94. The van der Waals surface area contributed by atoms with E-state index in [2.05, 4.69) is 10.2 Å². The summed E-state index contributed by atoms with van der Waals surface area (Å²) < 4.78 is 5.56. The van der Waals surface area contributed by atoms with Gasteiger partial charge in [-0.25, -0.2) is 0 Å². The second-order valence-electron chi connectivity index (χ2n) is 6.34. The third-order valence-electron chi connectivity index (χ3n) is 3.32. The molecule has 1 aromatic rings. The fourth-order valence-electron chi connectivity index (χ4n) is 2.19. The fraction of sp³-hybridized carbons (Fsp3) is 0.556. The minimum absolute atomic E-state index is 0.0625. The predicted octanol–water partition coefficient (Wildman–Crippen LogP) is 2.21. The highest BCUT2D eigenvalue weighted by Crippen LogP contribution is 2.16. The number of hydrogen-bond acceptors (Lipinski definition) is 4. The van der Waals surface area contributed by atoms with Gasteiger partial charge in [0, 0.05) is 19.2 Å². The fourth-order valence-corrected chi connectivity index (χ4v) is 2.19. The Kier molecular flexibility index (Phi) is 8.26. The van der Waals surface area contributed by atoms with Gasteiger partial charge in [-0.2, -0.15) is 0 Å². The lowest BCUT2D eigenvalue weighted by atomic mass is 10.3. The topological polar surface area (TPSA) is 61.9 Å². The Morgan fingerprint density at radius 3 is 2.25 bits per heavy atom. The van der Waals surface area contributed by atoms with E-state index in [0.717, 1.165) is 18.7 Å². The third kappa shape index (κ3) is 7.97. The molecule has 0 unspecified atom stereocenters. The number of amides is 2. The molecule has 2 amide bonds. The molecule has 0 heterocycles. The molecule has 0 spiro atoms. The smallest absolute Gasteiger partial charge is 0.243 e. The Labute approximate surface area is 144 Å². The van der Waals surface area contributed by atoms with Gasteiger partial charge < -0.3 is 19.9 Å². The molecule has 0 aliphatic carbocycles. The summed E-state index contributed by atoms with van der Waals surface area (Å²) in [6.45, 7) is 6.92. The van der Waals surface area contributed by atoms with Crippen molar-refractivity contribution in [1.82, 2.24) is 9.80 Å². The van der Waals surface area contributed by atoms with Crippen molar-refractivity contribution < 1.29 is 14.3 Å². The first kappa shape index (κ1) is 20.0. The maximum atomic E-state index is 12.1. The summed E-state index contributed by atoms with van der Waals surface area (Å²) in [5.41, 5.74) is 0.688. The van der Waals surface area contributed by atoms with Gasteiger partial charge in [-0.05, 0) is 65.2 Å². The Bertz CT molecular complexity index is 527. The number of rotatable bonds is 9. The number of carbonyl (C=O) groups is 2. The van der Waals surface area contributed by atoms with Crippen LogP contribution in [0.5, 0.6) is 5.75 Å². The van der Waals surface area contributed by atoms with Gasteiger partial charge in [0.25, 0.3) is 0 Å². The normalized spacial score (nSPS) is 10.8. The molecule has 1 rings (SSSR count). The molecule has 6 heteroatoms. The molecule has 134 valence electrons. The van der Waals surface area contributed by atoms with Gasteiger partial charge in [0.2, 0.25) is 11.8 Å². The predicted molar refractivity (Wildman–Crippen MR) is 96.3 cm³/mol. The first-order chi connectivity index (χ1) is 11.3. The van der Waals surface area contributed by atoms with Crippen LogP contribution in [-0.4, -0.2) is 61.4 Å². The van der Waals surface area contributed by atoms with Gasteiger partial charge in [-0.3, -0.25) is 9.59 Å². The minimum Gasteiger partial charge on any atom is -0.491 e. The van der Waals surface area contributed by atoms with Gasteiger partial charge in [0.05, 0.1) is 12.6 Å². The summed E-state index contributed by atoms with van der Waals surface area (Å²) in [5, 5.41) is 2.81. The maximum absolute atomic E-state index is 12.1. The molecule has 0 saturated heterocycles. The van der Waals surface area contributed by atoms with Crippen LogP contribution in [0, 0.1) is 0 Å². The summed E-state index contributed by atoms with van der Waals surface area (Å²) in [6, 6.07) is 7.21. The van der Waals surface area contributed by atoms with Gasteiger partial charge in [-0.1, -0.05) is 0 Å². The number of carbonyl (C=O) groups excluding carboxylic acids is 2. The monoisotopic (exact) mass is 335 g/mol. The van der Waals surface area contributed by atoms with Crippen LogP contribution < -0.4 is 10.1 Å². The lowest BCUT2D eigenvalue weighted by Crippen LogP contribution is -2.38. The average Bonchev–Trinajstić information content (AvgIpc) is 2.47. The molecule has 0 saturated carbocycles. The van der Waals surface area contributed by atoms with Crippen LogP contribution in [-0.2, 0) is 9.59 Å². The highest BCUT2D eigenvalue weighted by atomic mass is 16.5. The van der Waals surface area contributed by atoms with Crippen molar-refractivity contribution in [3.8, 4) is 5.75 Å². The molecular formula is C18H29N3O3. The summed E-state index contributed by atoms with van der Waals surface area (Å²) in [5.74, 6) is 0.467. The van der Waals surface area contributed by atoms with E-state index < -0.39 is 0 Å². The second-order valence-corrected chi connectivity index (χ2v) is 6.34. The van der Waals surface area contributed by atoms with Crippen molar-refractivity contribution in [2.45, 2.75) is 33.3 Å². The number of ether oxygens (including phenoxy) is 1. The van der Waals surface area contributed by atoms with Gasteiger partial charge in [0.15, 0.2) is 0 Å². The Morgan fingerprint density at radius 1 is 1.12 bits per heavy atom. The van der Waals surface area contributed by atoms with Gasteiger partial charge >= 0.3 is 0 Å². The van der Waals surface area contributed by atoms with Crippen LogP contribution in [0.4, 0.5) is 5.69 Å². The first-order valence-electron chi connectivity index (χ1n) is 8.24. The lowest BCUT2D eigenvalue weighted by molar-refractivity contribution is -0.132. The average molecular weight is 335 g/mol. The van der Waals surface area contributed by atoms with Crippen molar-refractivity contribution in [3.63, 3.8) is 0 Å². The van der Waals surface area contributed by atoms with Crippen molar-refractivity contribution in [1.29, 1.82) is 0 Å². The van der Waals surface area contributed by atoms with Crippen LogP contribution in [0.2, 0.25) is 0 Å². The largest absolute Gasteiger partial charge is 0.491 e. The summed E-state index contributed by atoms with van der Waals surface area (Å²) in [6.07, 6.45) is 0.943. The molecule has 0 bridgehead atoms. The summed E-state index contributed by atoms with van der Waals surface area (Å²) in [4.78, 5) is 27.4. The van der Waals surface area contributed by atoms with Crippen LogP contribution in [0.15, 0.2) is 24.3 Å². The number of anilines is 1. The number of nitrogens with zero attached hydrogens (tertiary/aromatic N) is 2. The lowest BCUT2D eigenvalue weighted by Gasteiger charge is -2.21. The van der Waals surface area contributed by atoms with Gasteiger partial charge in [0.1, 0.15) is 5.75 Å². The van der Waals surface area contributed by atoms with Crippen LogP contribution in [0.25, 0.3) is 0 Å². The van der Waals surface area contributed by atoms with Crippen molar-refractivity contribution in [2.24, 2.45) is 0 Å². The van der Waals surface area contributed by atoms with Crippen LogP contribution in [0.1, 0.15) is 27.2 Å². The SMILES string of the molecule is CC(=O)N(CCCN(C)C)CC(=O)Nc1ccc(OC(C)C)cc1. The van der Waals surface area contributed by atoms with Crippen LogP contribution in [0.3, 0.4) is 0 Å². The first-order valence-corrected chi connectivity index (χ1v) is 8.24. The number of benzene rings is 1. The molecule has 0 radical (unpaired) electrons. The van der Waals surface area contributed by atoms with E-state index in [0.29, 0.717) is 12.2 Å². The molecule has 0 aliphatic heterocycles. The highest BCUT2D eigenvalue weighted by Gasteiger charge is 2.13. The number of hydrogen-bond donors (Lipinski definition) is 1. The quantitative estimate of drug-likeness (QED) is 0.752. The van der Waals surface area contributed by atoms with Crippen molar-refractivity contribution in [3.05, 3.63) is 24.3 Å². The summed E-state index contributed by atoms with van der Waals surface area (Å²) in [7, 11) is 3.97. The minimum atomic E-state index is -0.201. The zero-order valence-electron chi connectivity index (χ0n) is 15.3.